The molecular weight excluding hydrogens is 222 g/mol. The molecule has 1 rings (SSSR count). The topological polar surface area (TPSA) is 70.6 Å². The van der Waals surface area contributed by atoms with Crippen molar-refractivity contribution in [1.82, 2.24) is 0 Å². The lowest BCUT2D eigenvalue weighted by Gasteiger charge is -2.14. The highest BCUT2D eigenvalue weighted by molar-refractivity contribution is 7.98. The van der Waals surface area contributed by atoms with E-state index < -0.39 is 0 Å². The predicted molar refractivity (Wildman–Crippen MR) is 69.3 cm³/mol. The zero-order valence-electron chi connectivity index (χ0n) is 9.47. The number of anilines is 1. The van der Waals surface area contributed by atoms with Crippen molar-refractivity contribution in [2.24, 2.45) is 10.9 Å². The molecule has 0 bridgehead atoms. The first kappa shape index (κ1) is 12.7. The van der Waals surface area contributed by atoms with Gasteiger partial charge >= 0.3 is 0 Å². The van der Waals surface area contributed by atoms with Crippen molar-refractivity contribution >= 4 is 23.3 Å². The van der Waals surface area contributed by atoms with E-state index in [0.717, 1.165) is 5.69 Å². The fraction of sp³-hybridized carbons (Fsp3) is 0.364. The summed E-state index contributed by atoms with van der Waals surface area (Å²) in [5.74, 6) is 0.237. The van der Waals surface area contributed by atoms with Gasteiger partial charge in [0.1, 0.15) is 5.84 Å². The Morgan fingerprint density at radius 1 is 1.50 bits per heavy atom. The summed E-state index contributed by atoms with van der Waals surface area (Å²) < 4.78 is 0. The molecule has 0 aliphatic rings. The van der Waals surface area contributed by atoms with Gasteiger partial charge in [0, 0.05) is 23.0 Å². The molecule has 1 atom stereocenters. The predicted octanol–water partition coefficient (Wildman–Crippen LogP) is 2.35. The zero-order valence-corrected chi connectivity index (χ0v) is 10.3. The van der Waals surface area contributed by atoms with Crippen LogP contribution in [0.2, 0.25) is 0 Å². The highest BCUT2D eigenvalue weighted by atomic mass is 32.2. The monoisotopic (exact) mass is 239 g/mol. The minimum atomic E-state index is 0.135. The fourth-order valence-corrected chi connectivity index (χ4v) is 1.79. The minimum Gasteiger partial charge on any atom is -0.409 e. The largest absolute Gasteiger partial charge is 0.409 e. The third-order valence-electron chi connectivity index (χ3n) is 2.15. The molecule has 1 aromatic rings. The smallest absolute Gasteiger partial charge is 0.141 e. The van der Waals surface area contributed by atoms with Crippen LogP contribution in [0.25, 0.3) is 0 Å². The van der Waals surface area contributed by atoms with Gasteiger partial charge in [-0.25, -0.2) is 0 Å². The van der Waals surface area contributed by atoms with Gasteiger partial charge in [-0.2, -0.15) is 0 Å². The Hall–Kier alpha value is -1.36. The molecule has 1 unspecified atom stereocenters. The molecule has 0 saturated heterocycles. The highest BCUT2D eigenvalue weighted by Crippen LogP contribution is 2.18. The van der Waals surface area contributed by atoms with Crippen LogP contribution in [-0.2, 0) is 0 Å². The molecule has 0 fully saturated rings. The standard InChI is InChI=1S/C11H17N3OS/c1-8(7-11(12)14-15)13-9-3-5-10(16-2)6-4-9/h3-6,8,13,15H,7H2,1-2H3,(H2,12,14). The van der Waals surface area contributed by atoms with Crippen LogP contribution in [-0.4, -0.2) is 23.3 Å². The van der Waals surface area contributed by atoms with Crippen LogP contribution in [0.3, 0.4) is 0 Å². The Bertz CT molecular complexity index is 351. The van der Waals surface area contributed by atoms with Crippen LogP contribution in [0.1, 0.15) is 13.3 Å². The average Bonchev–Trinajstić information content (AvgIpc) is 2.29. The number of rotatable bonds is 5. The van der Waals surface area contributed by atoms with Crippen LogP contribution >= 0.6 is 11.8 Å². The van der Waals surface area contributed by atoms with Gasteiger partial charge in [-0.05, 0) is 37.4 Å². The summed E-state index contributed by atoms with van der Waals surface area (Å²) in [7, 11) is 0. The van der Waals surface area contributed by atoms with Gasteiger partial charge < -0.3 is 16.3 Å². The van der Waals surface area contributed by atoms with E-state index >= 15 is 0 Å². The first-order valence-corrected chi connectivity index (χ1v) is 6.25. The Kier molecular flexibility index (Phi) is 4.98. The molecule has 0 saturated carbocycles. The quantitative estimate of drug-likeness (QED) is 0.242. The van der Waals surface area contributed by atoms with E-state index in [0.29, 0.717) is 6.42 Å². The summed E-state index contributed by atoms with van der Waals surface area (Å²) in [6, 6.07) is 8.30. The molecule has 5 heteroatoms. The first-order chi connectivity index (χ1) is 7.65. The molecule has 88 valence electrons. The normalized spacial score (nSPS) is 13.5. The summed E-state index contributed by atoms with van der Waals surface area (Å²) >= 11 is 1.71. The Morgan fingerprint density at radius 3 is 2.62 bits per heavy atom. The van der Waals surface area contributed by atoms with Crippen LogP contribution in [0.4, 0.5) is 5.69 Å². The van der Waals surface area contributed by atoms with Crippen molar-refractivity contribution in [1.29, 1.82) is 0 Å². The summed E-state index contributed by atoms with van der Waals surface area (Å²) in [5, 5.41) is 14.7. The van der Waals surface area contributed by atoms with Crippen molar-refractivity contribution in [2.75, 3.05) is 11.6 Å². The van der Waals surface area contributed by atoms with Crippen molar-refractivity contribution in [3.05, 3.63) is 24.3 Å². The van der Waals surface area contributed by atoms with E-state index in [1.165, 1.54) is 4.90 Å². The first-order valence-electron chi connectivity index (χ1n) is 5.02. The van der Waals surface area contributed by atoms with Crippen LogP contribution in [0.5, 0.6) is 0 Å². The molecule has 1 aromatic carbocycles. The van der Waals surface area contributed by atoms with Crippen LogP contribution in [0, 0.1) is 0 Å². The van der Waals surface area contributed by atoms with Gasteiger partial charge in [-0.3, -0.25) is 0 Å². The lowest BCUT2D eigenvalue weighted by Crippen LogP contribution is -2.24. The maximum atomic E-state index is 8.45. The number of thioether (sulfide) groups is 1. The second-order valence-electron chi connectivity index (χ2n) is 3.57. The van der Waals surface area contributed by atoms with Gasteiger partial charge in [-0.1, -0.05) is 5.16 Å². The van der Waals surface area contributed by atoms with E-state index in [1.54, 1.807) is 11.8 Å². The summed E-state index contributed by atoms with van der Waals surface area (Å²) in [6.07, 6.45) is 2.56. The van der Waals surface area contributed by atoms with Gasteiger partial charge in [0.2, 0.25) is 0 Å². The Labute approximate surface area is 99.9 Å². The lowest BCUT2D eigenvalue weighted by atomic mass is 10.2. The number of hydrogen-bond donors (Lipinski definition) is 3. The van der Waals surface area contributed by atoms with E-state index in [2.05, 4.69) is 22.6 Å². The maximum absolute atomic E-state index is 8.45. The van der Waals surface area contributed by atoms with Gasteiger partial charge in [0.15, 0.2) is 0 Å². The highest BCUT2D eigenvalue weighted by Gasteiger charge is 2.04. The molecule has 0 aliphatic heterocycles. The fourth-order valence-electron chi connectivity index (χ4n) is 1.38. The van der Waals surface area contributed by atoms with Crippen LogP contribution < -0.4 is 11.1 Å². The third kappa shape index (κ3) is 4.02. The summed E-state index contributed by atoms with van der Waals surface area (Å²) in [5.41, 5.74) is 6.47. The summed E-state index contributed by atoms with van der Waals surface area (Å²) in [6.45, 7) is 1.99. The number of amidine groups is 1. The number of nitrogens with zero attached hydrogens (tertiary/aromatic N) is 1. The third-order valence-corrected chi connectivity index (χ3v) is 2.89. The molecule has 0 radical (unpaired) electrons. The molecular formula is C11H17N3OS. The van der Waals surface area contributed by atoms with Crippen molar-refractivity contribution in [2.45, 2.75) is 24.3 Å². The number of oxime groups is 1. The number of nitrogens with two attached hydrogens (primary N) is 1. The Balaban J connectivity index is 2.52. The molecule has 0 heterocycles. The van der Waals surface area contributed by atoms with Gasteiger partial charge in [-0.15, -0.1) is 11.8 Å². The lowest BCUT2D eigenvalue weighted by molar-refractivity contribution is 0.316. The SMILES string of the molecule is CSc1ccc(NC(C)CC(N)=NO)cc1. The molecule has 0 spiro atoms. The number of benzene rings is 1. The molecule has 0 amide bonds. The molecule has 0 aromatic heterocycles. The molecule has 4 N–H and O–H groups in total. The molecule has 4 nitrogen and oxygen atoms in total. The number of nitrogens with one attached hydrogen (secondary N) is 1. The summed E-state index contributed by atoms with van der Waals surface area (Å²) in [4.78, 5) is 1.23. The zero-order chi connectivity index (χ0) is 12.0. The van der Waals surface area contributed by atoms with Gasteiger partial charge in [0.05, 0.1) is 0 Å². The van der Waals surface area contributed by atoms with Crippen LogP contribution in [0.15, 0.2) is 34.3 Å². The van der Waals surface area contributed by atoms with Crippen molar-refractivity contribution in [3.63, 3.8) is 0 Å². The van der Waals surface area contributed by atoms with E-state index in [9.17, 15) is 0 Å². The molecule has 16 heavy (non-hydrogen) atoms. The van der Waals surface area contributed by atoms with Crippen molar-refractivity contribution in [3.8, 4) is 0 Å². The minimum absolute atomic E-state index is 0.135. The van der Waals surface area contributed by atoms with Gasteiger partial charge in [0.25, 0.3) is 0 Å². The Morgan fingerprint density at radius 2 is 2.12 bits per heavy atom. The maximum Gasteiger partial charge on any atom is 0.141 e. The number of hydrogen-bond acceptors (Lipinski definition) is 4. The average molecular weight is 239 g/mol. The second-order valence-corrected chi connectivity index (χ2v) is 4.45. The van der Waals surface area contributed by atoms with E-state index in [-0.39, 0.29) is 11.9 Å². The van der Waals surface area contributed by atoms with E-state index in [1.807, 2.05) is 25.3 Å². The van der Waals surface area contributed by atoms with Crippen molar-refractivity contribution < 1.29 is 5.21 Å². The van der Waals surface area contributed by atoms with E-state index in [4.69, 9.17) is 10.9 Å². The molecule has 0 aliphatic carbocycles. The second kappa shape index (κ2) is 6.27.